The van der Waals surface area contributed by atoms with Crippen LogP contribution in [0.4, 0.5) is 0 Å². The lowest BCUT2D eigenvalue weighted by Gasteiger charge is -2.05. The van der Waals surface area contributed by atoms with Gasteiger partial charge in [-0.1, -0.05) is 30.0 Å². The number of rotatable bonds is 3. The van der Waals surface area contributed by atoms with Gasteiger partial charge in [-0.2, -0.15) is 0 Å². The van der Waals surface area contributed by atoms with Crippen molar-refractivity contribution in [2.24, 2.45) is 0 Å². The fourth-order valence-electron chi connectivity index (χ4n) is 2.41. The van der Waals surface area contributed by atoms with E-state index in [1.807, 2.05) is 48.5 Å². The minimum Gasteiger partial charge on any atom is -0.504 e. The minimum atomic E-state index is -0.598. The summed E-state index contributed by atoms with van der Waals surface area (Å²) in [6.45, 7) is 0. The summed E-state index contributed by atoms with van der Waals surface area (Å²) >= 11 is 1.62. The number of aromatic nitrogens is 3. The highest BCUT2D eigenvalue weighted by molar-refractivity contribution is 7.99. The Kier molecular flexibility index (Phi) is 3.70. The standard InChI is InChI=1S/C18H13N3O3S/c22-16-9-8-15(17(23)18(16)24)21-19-13-7-6-12(10-14(13)20-21)25-11-4-2-1-3-5-11/h1-10,22-24H. The van der Waals surface area contributed by atoms with E-state index in [1.165, 1.54) is 16.9 Å². The maximum atomic E-state index is 9.99. The van der Waals surface area contributed by atoms with Crippen molar-refractivity contribution in [3.63, 3.8) is 0 Å². The zero-order chi connectivity index (χ0) is 17.4. The first-order valence-corrected chi connectivity index (χ1v) is 8.28. The van der Waals surface area contributed by atoms with Crippen molar-refractivity contribution in [3.05, 3.63) is 60.7 Å². The van der Waals surface area contributed by atoms with E-state index in [0.29, 0.717) is 11.0 Å². The third-order valence-electron chi connectivity index (χ3n) is 3.65. The maximum Gasteiger partial charge on any atom is 0.202 e. The molecule has 124 valence electrons. The van der Waals surface area contributed by atoms with Gasteiger partial charge < -0.3 is 15.3 Å². The number of hydrogen-bond acceptors (Lipinski definition) is 6. The van der Waals surface area contributed by atoms with Crippen LogP contribution < -0.4 is 0 Å². The molecule has 3 N–H and O–H groups in total. The largest absolute Gasteiger partial charge is 0.504 e. The summed E-state index contributed by atoms with van der Waals surface area (Å²) in [6.07, 6.45) is 0. The van der Waals surface area contributed by atoms with Crippen LogP contribution in [0.2, 0.25) is 0 Å². The van der Waals surface area contributed by atoms with Crippen molar-refractivity contribution < 1.29 is 15.3 Å². The molecule has 0 radical (unpaired) electrons. The Morgan fingerprint density at radius 1 is 0.720 bits per heavy atom. The van der Waals surface area contributed by atoms with Crippen molar-refractivity contribution in [3.8, 4) is 22.9 Å². The van der Waals surface area contributed by atoms with Gasteiger partial charge in [0.15, 0.2) is 11.5 Å². The Balaban J connectivity index is 1.73. The van der Waals surface area contributed by atoms with Crippen molar-refractivity contribution in [2.75, 3.05) is 0 Å². The second-order valence-corrected chi connectivity index (χ2v) is 6.50. The molecular formula is C18H13N3O3S. The predicted molar refractivity (Wildman–Crippen MR) is 94.4 cm³/mol. The van der Waals surface area contributed by atoms with E-state index >= 15 is 0 Å². The van der Waals surface area contributed by atoms with Crippen LogP contribution in [0.3, 0.4) is 0 Å². The van der Waals surface area contributed by atoms with Crippen LogP contribution in [-0.4, -0.2) is 30.3 Å². The summed E-state index contributed by atoms with van der Waals surface area (Å²) in [5, 5.41) is 37.7. The van der Waals surface area contributed by atoms with Gasteiger partial charge in [0.25, 0.3) is 0 Å². The number of phenolic OH excluding ortho intramolecular Hbond substituents is 3. The van der Waals surface area contributed by atoms with Gasteiger partial charge in [-0.05, 0) is 42.5 Å². The Morgan fingerprint density at radius 2 is 1.48 bits per heavy atom. The summed E-state index contributed by atoms with van der Waals surface area (Å²) < 4.78 is 0. The Hall–Kier alpha value is -3.19. The Morgan fingerprint density at radius 3 is 2.28 bits per heavy atom. The number of hydrogen-bond donors (Lipinski definition) is 3. The van der Waals surface area contributed by atoms with Gasteiger partial charge in [0, 0.05) is 9.79 Å². The van der Waals surface area contributed by atoms with Crippen LogP contribution >= 0.6 is 11.8 Å². The van der Waals surface area contributed by atoms with Crippen molar-refractivity contribution in [1.29, 1.82) is 0 Å². The van der Waals surface area contributed by atoms with Gasteiger partial charge in [-0.15, -0.1) is 15.0 Å². The monoisotopic (exact) mass is 351 g/mol. The highest BCUT2D eigenvalue weighted by Gasteiger charge is 2.15. The molecule has 0 aliphatic rings. The zero-order valence-electron chi connectivity index (χ0n) is 12.9. The first-order chi connectivity index (χ1) is 12.1. The highest BCUT2D eigenvalue weighted by atomic mass is 32.2. The molecule has 0 aliphatic carbocycles. The predicted octanol–water partition coefficient (Wildman–Crippen LogP) is 3.69. The van der Waals surface area contributed by atoms with Gasteiger partial charge in [0.05, 0.1) is 0 Å². The second-order valence-electron chi connectivity index (χ2n) is 5.36. The molecule has 1 aromatic heterocycles. The minimum absolute atomic E-state index is 0.184. The lowest BCUT2D eigenvalue weighted by molar-refractivity contribution is 0.365. The van der Waals surface area contributed by atoms with Gasteiger partial charge in [0.2, 0.25) is 5.75 Å². The molecule has 0 spiro atoms. The SMILES string of the molecule is Oc1ccc(-n2nc3ccc(Sc4ccccc4)cc3n2)c(O)c1O. The normalized spacial score (nSPS) is 11.0. The van der Waals surface area contributed by atoms with Crippen LogP contribution in [0.15, 0.2) is 70.5 Å². The smallest absolute Gasteiger partial charge is 0.202 e. The summed E-state index contributed by atoms with van der Waals surface area (Å²) in [5.41, 5.74) is 1.50. The molecule has 4 aromatic rings. The molecule has 7 heteroatoms. The molecule has 0 aliphatic heterocycles. The molecule has 0 saturated heterocycles. The molecule has 0 unspecified atom stereocenters. The number of nitrogens with zero attached hydrogens (tertiary/aromatic N) is 3. The fraction of sp³-hybridized carbons (Fsp3) is 0. The van der Waals surface area contributed by atoms with Crippen molar-refractivity contribution >= 4 is 22.8 Å². The number of phenols is 3. The van der Waals surface area contributed by atoms with Crippen LogP contribution in [0.5, 0.6) is 17.2 Å². The lowest BCUT2D eigenvalue weighted by Crippen LogP contribution is -1.98. The molecule has 0 amide bonds. The van der Waals surface area contributed by atoms with Crippen LogP contribution in [-0.2, 0) is 0 Å². The molecule has 3 aromatic carbocycles. The molecule has 6 nitrogen and oxygen atoms in total. The number of fused-ring (bicyclic) bond motifs is 1. The molecule has 1 heterocycles. The molecule has 0 fully saturated rings. The average Bonchev–Trinajstić information content (AvgIpc) is 3.03. The topological polar surface area (TPSA) is 91.4 Å². The molecule has 0 bridgehead atoms. The van der Waals surface area contributed by atoms with Gasteiger partial charge >= 0.3 is 0 Å². The molecular weight excluding hydrogens is 338 g/mol. The van der Waals surface area contributed by atoms with E-state index in [-0.39, 0.29) is 5.69 Å². The third-order valence-corrected chi connectivity index (χ3v) is 4.65. The summed E-state index contributed by atoms with van der Waals surface area (Å²) in [4.78, 5) is 3.37. The van der Waals surface area contributed by atoms with Crippen LogP contribution in [0.1, 0.15) is 0 Å². The average molecular weight is 351 g/mol. The Bertz CT molecular complexity index is 1060. The number of aromatic hydroxyl groups is 3. The quantitative estimate of drug-likeness (QED) is 0.488. The van der Waals surface area contributed by atoms with Crippen LogP contribution in [0.25, 0.3) is 16.7 Å². The molecule has 0 saturated carbocycles. The first-order valence-electron chi connectivity index (χ1n) is 7.46. The van der Waals surface area contributed by atoms with Gasteiger partial charge in [-0.3, -0.25) is 0 Å². The van der Waals surface area contributed by atoms with E-state index in [4.69, 9.17) is 0 Å². The summed E-state index contributed by atoms with van der Waals surface area (Å²) in [6, 6.07) is 18.4. The van der Waals surface area contributed by atoms with E-state index in [0.717, 1.165) is 9.79 Å². The van der Waals surface area contributed by atoms with Crippen LogP contribution in [0, 0.1) is 0 Å². The molecule has 0 atom stereocenters. The summed E-state index contributed by atoms with van der Waals surface area (Å²) in [7, 11) is 0. The highest BCUT2D eigenvalue weighted by Crippen LogP contribution is 2.38. The van der Waals surface area contributed by atoms with Gasteiger partial charge in [0.1, 0.15) is 16.7 Å². The molecule has 4 rings (SSSR count). The van der Waals surface area contributed by atoms with E-state index in [1.54, 1.807) is 11.8 Å². The second kappa shape index (κ2) is 6.03. The fourth-order valence-corrected chi connectivity index (χ4v) is 3.28. The van der Waals surface area contributed by atoms with E-state index in [9.17, 15) is 15.3 Å². The van der Waals surface area contributed by atoms with Crippen molar-refractivity contribution in [2.45, 2.75) is 9.79 Å². The van der Waals surface area contributed by atoms with E-state index in [2.05, 4.69) is 10.2 Å². The van der Waals surface area contributed by atoms with E-state index < -0.39 is 17.2 Å². The number of benzene rings is 3. The van der Waals surface area contributed by atoms with Crippen molar-refractivity contribution in [1.82, 2.24) is 15.0 Å². The summed E-state index contributed by atoms with van der Waals surface area (Å²) in [5.74, 6) is -1.47. The lowest BCUT2D eigenvalue weighted by atomic mass is 10.2. The van der Waals surface area contributed by atoms with Gasteiger partial charge in [-0.25, -0.2) is 0 Å². The first kappa shape index (κ1) is 15.3. The molecule has 25 heavy (non-hydrogen) atoms. The third kappa shape index (κ3) is 2.85. The zero-order valence-corrected chi connectivity index (χ0v) is 13.7. The Labute approximate surface area is 147 Å². The maximum absolute atomic E-state index is 9.99.